The average Bonchev–Trinajstić information content (AvgIpc) is 2.49. The minimum atomic E-state index is -1.28. The zero-order valence-corrected chi connectivity index (χ0v) is 12.1. The van der Waals surface area contributed by atoms with E-state index in [-0.39, 0.29) is 0 Å². The van der Waals surface area contributed by atoms with Gasteiger partial charge in [-0.05, 0) is 24.6 Å². The lowest BCUT2D eigenvalue weighted by Gasteiger charge is -2.30. The number of hydrogen-bond acceptors (Lipinski definition) is 4. The summed E-state index contributed by atoms with van der Waals surface area (Å²) in [4.78, 5) is 15.8. The van der Waals surface area contributed by atoms with Crippen molar-refractivity contribution in [3.05, 3.63) is 54.2 Å². The molecule has 1 aromatic carbocycles. The third-order valence-electron chi connectivity index (χ3n) is 3.49. The molecular formula is C16H19N3O2. The Balaban J connectivity index is 2.32. The number of methoxy groups -OCH3 is 1. The number of rotatable bonds is 5. The van der Waals surface area contributed by atoms with Gasteiger partial charge in [0, 0.05) is 18.9 Å². The van der Waals surface area contributed by atoms with Crippen molar-refractivity contribution in [2.24, 2.45) is 11.5 Å². The van der Waals surface area contributed by atoms with Gasteiger partial charge < -0.3 is 16.2 Å². The minimum Gasteiger partial charge on any atom is -0.374 e. The summed E-state index contributed by atoms with van der Waals surface area (Å²) in [6.45, 7) is 1.57. The van der Waals surface area contributed by atoms with Gasteiger partial charge in [-0.25, -0.2) is 0 Å². The molecule has 0 saturated heterocycles. The number of nitrogens with two attached hydrogens (primary N) is 2. The molecule has 0 radical (unpaired) electrons. The van der Waals surface area contributed by atoms with E-state index >= 15 is 0 Å². The van der Waals surface area contributed by atoms with Crippen LogP contribution in [0.5, 0.6) is 0 Å². The van der Waals surface area contributed by atoms with Crippen LogP contribution in [-0.4, -0.2) is 23.5 Å². The summed E-state index contributed by atoms with van der Waals surface area (Å²) in [7, 11) is 1.51. The fourth-order valence-corrected chi connectivity index (χ4v) is 2.22. The molecule has 21 heavy (non-hydrogen) atoms. The zero-order valence-electron chi connectivity index (χ0n) is 12.1. The first-order chi connectivity index (χ1) is 9.96. The van der Waals surface area contributed by atoms with Crippen LogP contribution >= 0.6 is 0 Å². The highest BCUT2D eigenvalue weighted by molar-refractivity contribution is 5.85. The van der Waals surface area contributed by atoms with E-state index in [1.54, 1.807) is 13.1 Å². The van der Waals surface area contributed by atoms with Gasteiger partial charge in [-0.1, -0.05) is 30.3 Å². The van der Waals surface area contributed by atoms with Gasteiger partial charge in [0.05, 0.1) is 5.69 Å². The van der Waals surface area contributed by atoms with Crippen molar-refractivity contribution in [2.75, 3.05) is 7.11 Å². The highest BCUT2D eigenvalue weighted by Gasteiger charge is 2.37. The Kier molecular flexibility index (Phi) is 4.35. The normalized spacial score (nSPS) is 15.2. The SMILES string of the molecule is COC(c1ccc(-c2ccccn2)cc1)C(C)(N)C(N)=O. The number of carbonyl (C=O) groups is 1. The monoisotopic (exact) mass is 285 g/mol. The van der Waals surface area contributed by atoms with Crippen LogP contribution in [0.2, 0.25) is 0 Å². The summed E-state index contributed by atoms with van der Waals surface area (Å²) in [6, 6.07) is 13.3. The van der Waals surface area contributed by atoms with Crippen molar-refractivity contribution in [1.29, 1.82) is 0 Å². The second-order valence-electron chi connectivity index (χ2n) is 5.10. The number of carbonyl (C=O) groups excluding carboxylic acids is 1. The molecule has 110 valence electrons. The van der Waals surface area contributed by atoms with Crippen LogP contribution in [0.3, 0.4) is 0 Å². The Bertz CT molecular complexity index is 609. The number of aromatic nitrogens is 1. The highest BCUT2D eigenvalue weighted by Crippen LogP contribution is 2.28. The van der Waals surface area contributed by atoms with Crippen LogP contribution in [0.1, 0.15) is 18.6 Å². The molecule has 0 spiro atoms. The predicted molar refractivity (Wildman–Crippen MR) is 81.2 cm³/mol. The topological polar surface area (TPSA) is 91.2 Å². The molecule has 0 fully saturated rings. The van der Waals surface area contributed by atoms with Crippen LogP contribution < -0.4 is 11.5 Å². The third kappa shape index (κ3) is 3.09. The summed E-state index contributed by atoms with van der Waals surface area (Å²) in [5, 5.41) is 0. The Morgan fingerprint density at radius 3 is 2.38 bits per heavy atom. The summed E-state index contributed by atoms with van der Waals surface area (Å²) in [5.41, 5.74) is 12.7. The van der Waals surface area contributed by atoms with Crippen LogP contribution in [-0.2, 0) is 9.53 Å². The lowest BCUT2D eigenvalue weighted by atomic mass is 9.89. The van der Waals surface area contributed by atoms with Gasteiger partial charge in [0.15, 0.2) is 0 Å². The Morgan fingerprint density at radius 2 is 1.90 bits per heavy atom. The van der Waals surface area contributed by atoms with Crippen LogP contribution in [0.4, 0.5) is 0 Å². The summed E-state index contributed by atoms with van der Waals surface area (Å²) < 4.78 is 5.37. The minimum absolute atomic E-state index is 0.604. The lowest BCUT2D eigenvalue weighted by molar-refractivity contribution is -0.127. The van der Waals surface area contributed by atoms with E-state index in [9.17, 15) is 4.79 Å². The molecule has 0 saturated carbocycles. The molecule has 4 N–H and O–H groups in total. The molecule has 5 heteroatoms. The largest absolute Gasteiger partial charge is 0.374 e. The Labute approximate surface area is 123 Å². The van der Waals surface area contributed by atoms with Gasteiger partial charge in [0.25, 0.3) is 0 Å². The molecule has 5 nitrogen and oxygen atoms in total. The van der Waals surface area contributed by atoms with E-state index < -0.39 is 17.6 Å². The smallest absolute Gasteiger partial charge is 0.240 e. The van der Waals surface area contributed by atoms with Crippen LogP contribution in [0, 0.1) is 0 Å². The zero-order chi connectivity index (χ0) is 15.5. The molecule has 0 aliphatic rings. The molecule has 1 heterocycles. The molecule has 0 aliphatic carbocycles. The van der Waals surface area contributed by atoms with Crippen LogP contribution in [0.15, 0.2) is 48.7 Å². The molecule has 1 amide bonds. The maximum Gasteiger partial charge on any atom is 0.240 e. The van der Waals surface area contributed by atoms with E-state index in [4.69, 9.17) is 16.2 Å². The number of hydrogen-bond donors (Lipinski definition) is 2. The lowest BCUT2D eigenvalue weighted by Crippen LogP contribution is -2.54. The van der Waals surface area contributed by atoms with Crippen molar-refractivity contribution >= 4 is 5.91 Å². The van der Waals surface area contributed by atoms with Crippen molar-refractivity contribution in [1.82, 2.24) is 4.98 Å². The summed E-state index contributed by atoms with van der Waals surface area (Å²) in [5.74, 6) is -0.608. The summed E-state index contributed by atoms with van der Waals surface area (Å²) >= 11 is 0. The molecule has 0 bridgehead atoms. The van der Waals surface area contributed by atoms with E-state index in [0.717, 1.165) is 16.8 Å². The molecule has 2 aromatic rings. The Hall–Kier alpha value is -2.24. The van der Waals surface area contributed by atoms with Crippen molar-refractivity contribution in [3.63, 3.8) is 0 Å². The molecule has 2 atom stereocenters. The third-order valence-corrected chi connectivity index (χ3v) is 3.49. The summed E-state index contributed by atoms with van der Waals surface area (Å²) in [6.07, 6.45) is 1.14. The van der Waals surface area contributed by atoms with Gasteiger partial charge >= 0.3 is 0 Å². The van der Waals surface area contributed by atoms with Gasteiger partial charge in [-0.2, -0.15) is 0 Å². The van der Waals surface area contributed by atoms with Crippen LogP contribution in [0.25, 0.3) is 11.3 Å². The number of benzene rings is 1. The molecular weight excluding hydrogens is 266 g/mol. The van der Waals surface area contributed by atoms with E-state index in [2.05, 4.69) is 4.98 Å². The maximum absolute atomic E-state index is 11.5. The molecule has 2 rings (SSSR count). The fourth-order valence-electron chi connectivity index (χ4n) is 2.22. The van der Waals surface area contributed by atoms with Crippen molar-refractivity contribution in [3.8, 4) is 11.3 Å². The van der Waals surface area contributed by atoms with E-state index in [1.165, 1.54) is 7.11 Å². The first-order valence-electron chi connectivity index (χ1n) is 6.59. The van der Waals surface area contributed by atoms with Gasteiger partial charge in [-0.3, -0.25) is 9.78 Å². The van der Waals surface area contributed by atoms with Gasteiger partial charge in [0.1, 0.15) is 11.6 Å². The number of amides is 1. The van der Waals surface area contributed by atoms with E-state index in [1.807, 2.05) is 42.5 Å². The quantitative estimate of drug-likeness (QED) is 0.873. The number of pyridine rings is 1. The molecule has 2 unspecified atom stereocenters. The number of primary amides is 1. The van der Waals surface area contributed by atoms with Gasteiger partial charge in [-0.15, -0.1) is 0 Å². The van der Waals surface area contributed by atoms with Crippen molar-refractivity contribution in [2.45, 2.75) is 18.6 Å². The average molecular weight is 285 g/mol. The second kappa shape index (κ2) is 6.03. The second-order valence-corrected chi connectivity index (χ2v) is 5.10. The van der Waals surface area contributed by atoms with Crippen molar-refractivity contribution < 1.29 is 9.53 Å². The first kappa shape index (κ1) is 15.2. The molecule has 1 aromatic heterocycles. The maximum atomic E-state index is 11.5. The van der Waals surface area contributed by atoms with Gasteiger partial charge in [0.2, 0.25) is 5.91 Å². The predicted octanol–water partition coefficient (Wildman–Crippen LogP) is 1.64. The number of nitrogens with zero attached hydrogens (tertiary/aromatic N) is 1. The fraction of sp³-hybridized carbons (Fsp3) is 0.250. The standard InChI is InChI=1S/C16H19N3O2/c1-16(18,15(17)20)14(21-2)12-8-6-11(7-9-12)13-5-3-4-10-19-13/h3-10,14H,18H2,1-2H3,(H2,17,20). The number of ether oxygens (including phenoxy) is 1. The Morgan fingerprint density at radius 1 is 1.24 bits per heavy atom. The molecule has 0 aliphatic heterocycles. The highest BCUT2D eigenvalue weighted by atomic mass is 16.5. The first-order valence-corrected chi connectivity index (χ1v) is 6.59. The van der Waals surface area contributed by atoms with E-state index in [0.29, 0.717) is 0 Å².